The summed E-state index contributed by atoms with van der Waals surface area (Å²) in [6.07, 6.45) is 1.88. The monoisotopic (exact) mass is 409 g/mol. The minimum Gasteiger partial charge on any atom is -0.342 e. The molecule has 0 spiro atoms. The van der Waals surface area contributed by atoms with Crippen molar-refractivity contribution in [1.82, 2.24) is 14.1 Å². The van der Waals surface area contributed by atoms with Gasteiger partial charge in [-0.05, 0) is 31.0 Å². The van der Waals surface area contributed by atoms with Crippen molar-refractivity contribution in [1.29, 1.82) is 0 Å². The quantitative estimate of drug-likeness (QED) is 0.744. The second kappa shape index (κ2) is 6.81. The van der Waals surface area contributed by atoms with Crippen molar-refractivity contribution < 1.29 is 22.4 Å². The fourth-order valence-electron chi connectivity index (χ4n) is 4.76. The third kappa shape index (κ3) is 3.00. The van der Waals surface area contributed by atoms with Crippen molar-refractivity contribution in [2.45, 2.75) is 24.7 Å². The number of carbonyl (C=O) groups is 2. The van der Waals surface area contributed by atoms with Gasteiger partial charge in [-0.15, -0.1) is 0 Å². The number of nitrogens with zero attached hydrogens (tertiary/aromatic N) is 3. The summed E-state index contributed by atoms with van der Waals surface area (Å²) in [6, 6.07) is 4.92. The predicted octanol–water partition coefficient (Wildman–Crippen LogP) is 0.917. The summed E-state index contributed by atoms with van der Waals surface area (Å²) < 4.78 is 41.0. The van der Waals surface area contributed by atoms with Gasteiger partial charge in [0.2, 0.25) is 21.8 Å². The molecule has 3 saturated heterocycles. The van der Waals surface area contributed by atoms with Crippen molar-refractivity contribution >= 4 is 21.8 Å². The van der Waals surface area contributed by atoms with Crippen LogP contribution in [0.15, 0.2) is 29.2 Å². The maximum Gasteiger partial charge on any atom is 0.243 e. The average molecular weight is 409 g/mol. The summed E-state index contributed by atoms with van der Waals surface area (Å²) in [4.78, 5) is 28.6. The summed E-state index contributed by atoms with van der Waals surface area (Å²) in [7, 11) is -3.92. The first kappa shape index (κ1) is 19.3. The molecule has 0 saturated carbocycles. The van der Waals surface area contributed by atoms with E-state index in [-0.39, 0.29) is 42.3 Å². The molecule has 4 rings (SSSR count). The highest BCUT2D eigenvalue weighted by Gasteiger charge is 2.60. The third-order valence-electron chi connectivity index (χ3n) is 6.28. The first-order chi connectivity index (χ1) is 13.2. The number of rotatable bonds is 3. The van der Waals surface area contributed by atoms with E-state index in [0.717, 1.165) is 18.9 Å². The Kier molecular flexibility index (Phi) is 4.70. The zero-order chi connectivity index (χ0) is 20.1. The highest BCUT2D eigenvalue weighted by Crippen LogP contribution is 2.46. The Balaban J connectivity index is 1.66. The van der Waals surface area contributed by atoms with E-state index in [1.807, 2.05) is 0 Å². The zero-order valence-electron chi connectivity index (χ0n) is 15.8. The number of benzene rings is 1. The van der Waals surface area contributed by atoms with Crippen LogP contribution < -0.4 is 0 Å². The lowest BCUT2D eigenvalue weighted by atomic mass is 9.79. The number of fused-ring (bicyclic) bond motifs is 1. The van der Waals surface area contributed by atoms with Gasteiger partial charge in [0, 0.05) is 52.1 Å². The molecule has 0 radical (unpaired) electrons. The van der Waals surface area contributed by atoms with Crippen LogP contribution in [-0.4, -0.2) is 73.6 Å². The van der Waals surface area contributed by atoms with Crippen LogP contribution in [0.2, 0.25) is 0 Å². The van der Waals surface area contributed by atoms with E-state index in [1.165, 1.54) is 29.4 Å². The Labute approximate surface area is 164 Å². The number of sulfonamides is 1. The summed E-state index contributed by atoms with van der Waals surface area (Å²) in [5.41, 5.74) is -0.920. The van der Waals surface area contributed by atoms with E-state index < -0.39 is 21.3 Å². The van der Waals surface area contributed by atoms with Gasteiger partial charge in [0.25, 0.3) is 0 Å². The van der Waals surface area contributed by atoms with Gasteiger partial charge in [-0.25, -0.2) is 12.8 Å². The smallest absolute Gasteiger partial charge is 0.243 e. The molecule has 0 unspecified atom stereocenters. The Morgan fingerprint density at radius 2 is 1.82 bits per heavy atom. The minimum absolute atomic E-state index is 0.0234. The number of amides is 2. The summed E-state index contributed by atoms with van der Waals surface area (Å²) in [5, 5.41) is 0. The maximum absolute atomic E-state index is 13.6. The zero-order valence-corrected chi connectivity index (χ0v) is 16.6. The normalized spacial score (nSPS) is 28.0. The molecule has 0 aromatic heterocycles. The van der Waals surface area contributed by atoms with Gasteiger partial charge in [0.1, 0.15) is 5.82 Å². The molecule has 3 fully saturated rings. The van der Waals surface area contributed by atoms with Crippen molar-refractivity contribution in [3.63, 3.8) is 0 Å². The highest BCUT2D eigenvalue weighted by molar-refractivity contribution is 7.89. The topological polar surface area (TPSA) is 78.0 Å². The molecule has 7 nitrogen and oxygen atoms in total. The van der Waals surface area contributed by atoms with Gasteiger partial charge in [-0.1, -0.05) is 6.07 Å². The number of likely N-dealkylation sites (tertiary alicyclic amines) is 2. The van der Waals surface area contributed by atoms with Gasteiger partial charge in [0.15, 0.2) is 0 Å². The van der Waals surface area contributed by atoms with Crippen LogP contribution >= 0.6 is 0 Å². The average Bonchev–Trinajstić information content (AvgIpc) is 3.35. The summed E-state index contributed by atoms with van der Waals surface area (Å²) in [5.74, 6) is -1.04. The molecule has 2 atom stereocenters. The first-order valence-electron chi connectivity index (χ1n) is 9.55. The van der Waals surface area contributed by atoms with Crippen LogP contribution in [-0.2, 0) is 19.6 Å². The Morgan fingerprint density at radius 1 is 1.11 bits per heavy atom. The van der Waals surface area contributed by atoms with E-state index >= 15 is 0 Å². The molecule has 2 amide bonds. The Bertz CT molecular complexity index is 916. The lowest BCUT2D eigenvalue weighted by molar-refractivity contribution is -0.141. The minimum atomic E-state index is -3.92. The third-order valence-corrected chi connectivity index (χ3v) is 8.08. The number of hydrogen-bond acceptors (Lipinski definition) is 4. The molecule has 152 valence electrons. The van der Waals surface area contributed by atoms with Crippen LogP contribution in [0.1, 0.15) is 19.8 Å². The van der Waals surface area contributed by atoms with Gasteiger partial charge in [-0.2, -0.15) is 4.31 Å². The second-order valence-electron chi connectivity index (χ2n) is 8.01. The lowest BCUT2D eigenvalue weighted by Crippen LogP contribution is -2.49. The van der Waals surface area contributed by atoms with Crippen molar-refractivity contribution in [2.75, 3.05) is 39.3 Å². The van der Waals surface area contributed by atoms with Crippen LogP contribution in [0.4, 0.5) is 4.39 Å². The molecule has 1 aromatic carbocycles. The number of halogens is 1. The van der Waals surface area contributed by atoms with Gasteiger partial charge in [0.05, 0.1) is 10.3 Å². The number of carbonyl (C=O) groups excluding carboxylic acids is 2. The molecular formula is C19H24FN3O4S. The molecule has 0 N–H and O–H groups in total. The van der Waals surface area contributed by atoms with Gasteiger partial charge in [-0.3, -0.25) is 9.59 Å². The lowest BCUT2D eigenvalue weighted by Gasteiger charge is -2.32. The predicted molar refractivity (Wildman–Crippen MR) is 99.1 cm³/mol. The van der Waals surface area contributed by atoms with Crippen LogP contribution in [0.25, 0.3) is 0 Å². The van der Waals surface area contributed by atoms with Crippen molar-refractivity contribution in [2.24, 2.45) is 11.3 Å². The number of hydrogen-bond donors (Lipinski definition) is 0. The molecule has 3 heterocycles. The van der Waals surface area contributed by atoms with E-state index in [1.54, 1.807) is 9.80 Å². The van der Waals surface area contributed by atoms with Crippen LogP contribution in [0.5, 0.6) is 0 Å². The molecule has 3 aliphatic rings. The second-order valence-corrected chi connectivity index (χ2v) is 9.94. The largest absolute Gasteiger partial charge is 0.342 e. The fourth-order valence-corrected chi connectivity index (χ4v) is 6.34. The first-order valence-corrected chi connectivity index (χ1v) is 11.0. The van der Waals surface area contributed by atoms with E-state index in [9.17, 15) is 22.4 Å². The molecule has 3 aliphatic heterocycles. The SMILES string of the molecule is CC(=O)N1C[C@H]2CN(S(=O)(=O)c3cccc(F)c3)C[C@@]2(C(=O)N2CCCC2)C1. The fraction of sp³-hybridized carbons (Fsp3) is 0.579. The molecule has 0 bridgehead atoms. The Morgan fingerprint density at radius 3 is 2.46 bits per heavy atom. The molecule has 9 heteroatoms. The van der Waals surface area contributed by atoms with E-state index in [0.29, 0.717) is 19.6 Å². The molecular weight excluding hydrogens is 385 g/mol. The Hall–Kier alpha value is -2.00. The summed E-state index contributed by atoms with van der Waals surface area (Å²) in [6.45, 7) is 3.59. The standard InChI is InChI=1S/C19H24FN3O4S/c1-14(24)22-10-15-11-23(28(26,27)17-6-4-5-16(20)9-17)13-19(15,12-22)18(25)21-7-2-3-8-21/h4-6,9,15H,2-3,7-8,10-13H2,1H3/t15-,19-/m0/s1. The van der Waals surface area contributed by atoms with Gasteiger partial charge < -0.3 is 9.80 Å². The van der Waals surface area contributed by atoms with Crippen LogP contribution in [0.3, 0.4) is 0 Å². The molecule has 28 heavy (non-hydrogen) atoms. The van der Waals surface area contributed by atoms with Crippen LogP contribution in [0, 0.1) is 17.2 Å². The van der Waals surface area contributed by atoms with Crippen molar-refractivity contribution in [3.05, 3.63) is 30.1 Å². The highest BCUT2D eigenvalue weighted by atomic mass is 32.2. The van der Waals surface area contributed by atoms with Crippen molar-refractivity contribution in [3.8, 4) is 0 Å². The van der Waals surface area contributed by atoms with Gasteiger partial charge >= 0.3 is 0 Å². The molecule has 1 aromatic rings. The van der Waals surface area contributed by atoms with E-state index in [4.69, 9.17) is 0 Å². The molecule has 0 aliphatic carbocycles. The van der Waals surface area contributed by atoms with E-state index in [2.05, 4.69) is 0 Å². The summed E-state index contributed by atoms with van der Waals surface area (Å²) >= 11 is 0. The maximum atomic E-state index is 13.6.